The van der Waals surface area contributed by atoms with Crippen molar-refractivity contribution in [2.24, 2.45) is 0 Å². The molecule has 3 aromatic carbocycles. The first-order chi connectivity index (χ1) is 13.2. The summed E-state index contributed by atoms with van der Waals surface area (Å²) in [5, 5.41) is 4.07. The fourth-order valence-corrected chi connectivity index (χ4v) is 3.15. The van der Waals surface area contributed by atoms with Gasteiger partial charge < -0.3 is 19.5 Å². The van der Waals surface area contributed by atoms with E-state index < -0.39 is 0 Å². The highest BCUT2D eigenvalue weighted by molar-refractivity contribution is 6.30. The first-order valence-electron chi connectivity index (χ1n) is 8.78. The van der Waals surface area contributed by atoms with Crippen LogP contribution in [0.15, 0.2) is 60.7 Å². The maximum atomic E-state index is 6.20. The number of benzene rings is 3. The van der Waals surface area contributed by atoms with Crippen molar-refractivity contribution in [1.29, 1.82) is 0 Å². The molecule has 0 bridgehead atoms. The molecule has 1 heterocycles. The zero-order chi connectivity index (χ0) is 18.6. The van der Waals surface area contributed by atoms with Gasteiger partial charge in [0.25, 0.3) is 0 Å². The summed E-state index contributed by atoms with van der Waals surface area (Å²) in [5.41, 5.74) is 4.33. The smallest absolute Gasteiger partial charge is 0.231 e. The molecule has 5 heteroatoms. The molecule has 0 radical (unpaired) electrons. The maximum absolute atomic E-state index is 6.20. The summed E-state index contributed by atoms with van der Waals surface area (Å²) < 4.78 is 16.9. The molecular formula is C22H20ClNO3. The van der Waals surface area contributed by atoms with E-state index in [9.17, 15) is 0 Å². The van der Waals surface area contributed by atoms with E-state index in [0.717, 1.165) is 28.5 Å². The average molecular weight is 382 g/mol. The third-order valence-electron chi connectivity index (χ3n) is 4.52. The molecule has 1 aliphatic heterocycles. The molecule has 138 valence electrons. The number of fused-ring (bicyclic) bond motifs is 1. The molecule has 0 aromatic heterocycles. The van der Waals surface area contributed by atoms with E-state index in [1.165, 1.54) is 11.1 Å². The number of rotatable bonds is 6. The van der Waals surface area contributed by atoms with E-state index in [1.54, 1.807) is 0 Å². The van der Waals surface area contributed by atoms with Crippen molar-refractivity contribution in [3.63, 3.8) is 0 Å². The van der Waals surface area contributed by atoms with Crippen molar-refractivity contribution >= 4 is 17.3 Å². The molecule has 0 aliphatic carbocycles. The molecule has 1 aliphatic rings. The van der Waals surface area contributed by atoms with Gasteiger partial charge in [-0.2, -0.15) is 0 Å². The van der Waals surface area contributed by atoms with E-state index in [4.69, 9.17) is 25.8 Å². The molecule has 0 spiro atoms. The monoisotopic (exact) mass is 381 g/mol. The van der Waals surface area contributed by atoms with Crippen molar-refractivity contribution in [2.75, 3.05) is 12.1 Å². The maximum Gasteiger partial charge on any atom is 0.231 e. The fourth-order valence-electron chi connectivity index (χ4n) is 2.96. The Morgan fingerprint density at radius 1 is 0.963 bits per heavy atom. The number of anilines is 1. The van der Waals surface area contributed by atoms with Crippen LogP contribution in [0, 0.1) is 6.92 Å². The molecule has 0 amide bonds. The van der Waals surface area contributed by atoms with E-state index in [0.29, 0.717) is 18.2 Å². The fraction of sp³-hybridized carbons (Fsp3) is 0.182. The first-order valence-corrected chi connectivity index (χ1v) is 9.16. The summed E-state index contributed by atoms with van der Waals surface area (Å²) in [6.45, 7) is 3.46. The number of aryl methyl sites for hydroxylation is 1. The van der Waals surface area contributed by atoms with Gasteiger partial charge in [0.2, 0.25) is 6.79 Å². The molecule has 0 saturated heterocycles. The molecule has 1 N–H and O–H groups in total. The first kappa shape index (κ1) is 17.6. The van der Waals surface area contributed by atoms with Gasteiger partial charge in [-0.25, -0.2) is 0 Å². The van der Waals surface area contributed by atoms with Gasteiger partial charge in [-0.05, 0) is 48.4 Å². The lowest BCUT2D eigenvalue weighted by molar-refractivity contribution is 0.174. The molecule has 0 fully saturated rings. The number of hydrogen-bond acceptors (Lipinski definition) is 4. The van der Waals surface area contributed by atoms with Gasteiger partial charge in [-0.15, -0.1) is 0 Å². The van der Waals surface area contributed by atoms with Crippen LogP contribution < -0.4 is 19.5 Å². The summed E-state index contributed by atoms with van der Waals surface area (Å²) in [6.07, 6.45) is 0. The van der Waals surface area contributed by atoms with Gasteiger partial charge in [0.1, 0.15) is 12.4 Å². The molecule has 0 unspecified atom stereocenters. The Kier molecular flexibility index (Phi) is 5.07. The zero-order valence-corrected chi connectivity index (χ0v) is 15.8. The van der Waals surface area contributed by atoms with Crippen LogP contribution in [-0.4, -0.2) is 6.79 Å². The summed E-state index contributed by atoms with van der Waals surface area (Å²) in [4.78, 5) is 0. The highest BCUT2D eigenvalue weighted by Gasteiger charge is 2.13. The second-order valence-electron chi connectivity index (χ2n) is 6.39. The van der Waals surface area contributed by atoms with Crippen LogP contribution in [-0.2, 0) is 13.2 Å². The topological polar surface area (TPSA) is 39.7 Å². The largest absolute Gasteiger partial charge is 0.489 e. The summed E-state index contributed by atoms with van der Waals surface area (Å²) in [5.74, 6) is 2.34. The molecule has 4 rings (SSSR count). The van der Waals surface area contributed by atoms with E-state index >= 15 is 0 Å². The SMILES string of the molecule is Cc1ccccc1COc1ccc(Cl)cc1CNc1ccc2c(c1)OCO2. The van der Waals surface area contributed by atoms with Gasteiger partial charge in [-0.1, -0.05) is 35.9 Å². The Bertz CT molecular complexity index is 958. The molecule has 4 nitrogen and oxygen atoms in total. The van der Waals surface area contributed by atoms with Crippen LogP contribution in [0.5, 0.6) is 17.2 Å². The minimum atomic E-state index is 0.268. The lowest BCUT2D eigenvalue weighted by Crippen LogP contribution is -2.04. The Morgan fingerprint density at radius 2 is 1.81 bits per heavy atom. The van der Waals surface area contributed by atoms with E-state index in [-0.39, 0.29) is 6.79 Å². The predicted octanol–water partition coefficient (Wildman–Crippen LogP) is 5.57. The normalized spacial score (nSPS) is 12.1. The van der Waals surface area contributed by atoms with Crippen LogP contribution in [0.1, 0.15) is 16.7 Å². The van der Waals surface area contributed by atoms with Crippen molar-refractivity contribution < 1.29 is 14.2 Å². The highest BCUT2D eigenvalue weighted by Crippen LogP contribution is 2.34. The van der Waals surface area contributed by atoms with E-state index in [1.807, 2.05) is 48.5 Å². The van der Waals surface area contributed by atoms with Crippen LogP contribution in [0.25, 0.3) is 0 Å². The van der Waals surface area contributed by atoms with Crippen LogP contribution in [0.4, 0.5) is 5.69 Å². The van der Waals surface area contributed by atoms with Crippen molar-refractivity contribution in [3.8, 4) is 17.2 Å². The minimum absolute atomic E-state index is 0.268. The lowest BCUT2D eigenvalue weighted by Gasteiger charge is -2.14. The number of halogens is 1. The van der Waals surface area contributed by atoms with Crippen molar-refractivity contribution in [3.05, 3.63) is 82.4 Å². The van der Waals surface area contributed by atoms with Gasteiger partial charge in [0.15, 0.2) is 11.5 Å². The Balaban J connectivity index is 1.47. The lowest BCUT2D eigenvalue weighted by atomic mass is 10.1. The number of nitrogens with one attached hydrogen (secondary N) is 1. The minimum Gasteiger partial charge on any atom is -0.489 e. The van der Waals surface area contributed by atoms with Gasteiger partial charge in [-0.3, -0.25) is 0 Å². The van der Waals surface area contributed by atoms with Gasteiger partial charge in [0, 0.05) is 28.9 Å². The van der Waals surface area contributed by atoms with Crippen LogP contribution in [0.2, 0.25) is 5.02 Å². The molecule has 0 atom stereocenters. The molecule has 0 saturated carbocycles. The Morgan fingerprint density at radius 3 is 2.70 bits per heavy atom. The summed E-state index contributed by atoms with van der Waals surface area (Å²) >= 11 is 6.20. The van der Waals surface area contributed by atoms with Crippen LogP contribution in [0.3, 0.4) is 0 Å². The summed E-state index contributed by atoms with van der Waals surface area (Å²) in [6, 6.07) is 19.7. The van der Waals surface area contributed by atoms with Gasteiger partial charge >= 0.3 is 0 Å². The van der Waals surface area contributed by atoms with E-state index in [2.05, 4.69) is 24.4 Å². The average Bonchev–Trinajstić information content (AvgIpc) is 3.14. The molecule has 3 aromatic rings. The number of ether oxygens (including phenoxy) is 3. The second-order valence-corrected chi connectivity index (χ2v) is 6.83. The van der Waals surface area contributed by atoms with Crippen molar-refractivity contribution in [1.82, 2.24) is 0 Å². The molecular weight excluding hydrogens is 362 g/mol. The molecule has 27 heavy (non-hydrogen) atoms. The Labute approximate surface area is 163 Å². The Hall–Kier alpha value is -2.85. The standard InChI is InChI=1S/C22H20ClNO3/c1-15-4-2-3-5-16(15)13-25-20-8-6-18(23)10-17(20)12-24-19-7-9-21-22(11-19)27-14-26-21/h2-11,24H,12-14H2,1H3. The predicted molar refractivity (Wildman–Crippen MR) is 107 cm³/mol. The second kappa shape index (κ2) is 7.80. The third-order valence-corrected chi connectivity index (χ3v) is 4.76. The third kappa shape index (κ3) is 4.12. The summed E-state index contributed by atoms with van der Waals surface area (Å²) in [7, 11) is 0. The van der Waals surface area contributed by atoms with Crippen LogP contribution >= 0.6 is 11.6 Å². The number of hydrogen-bond donors (Lipinski definition) is 1. The van der Waals surface area contributed by atoms with Crippen molar-refractivity contribution in [2.45, 2.75) is 20.1 Å². The van der Waals surface area contributed by atoms with Gasteiger partial charge in [0.05, 0.1) is 0 Å². The quantitative estimate of drug-likeness (QED) is 0.606. The zero-order valence-electron chi connectivity index (χ0n) is 15.0. The highest BCUT2D eigenvalue weighted by atomic mass is 35.5.